The van der Waals surface area contributed by atoms with Gasteiger partial charge in [0.1, 0.15) is 87.4 Å². The summed E-state index contributed by atoms with van der Waals surface area (Å²) in [4.78, 5) is 77.1. The van der Waals surface area contributed by atoms with Crippen molar-refractivity contribution in [2.75, 3.05) is 103 Å². The summed E-state index contributed by atoms with van der Waals surface area (Å²) in [5, 5.41) is 67.3. The van der Waals surface area contributed by atoms with Crippen LogP contribution in [0.25, 0.3) is 11.4 Å². The highest BCUT2D eigenvalue weighted by Crippen LogP contribution is 2.36. The minimum absolute atomic E-state index is 0.0378. The van der Waals surface area contributed by atoms with Gasteiger partial charge in [0.2, 0.25) is 0 Å². The fourth-order valence-electron chi connectivity index (χ4n) is 10.00. The molecule has 4 aromatic carbocycles. The van der Waals surface area contributed by atoms with E-state index in [2.05, 4.69) is 225 Å². The SMILES string of the molecule is CCc1nc(NCC(C)(C)C)c(C#N)c(Nc2cc(C(=O)NC)ccc2C)n1.CNC(=O)c1ccc(C)c(Nc2ncnc(NCC(C)(C)C)c2Br)c1.CNC(=O)c1ccc(C)c(Nc2ncnc(NCC(C)(C)C)c2C#N)c1.CSc1nc(Nc2cc(-c3ncn[nH]3)ccc2C)c(C#N)c(N(C)CC(C)(C)C)n1. The van der Waals surface area contributed by atoms with Gasteiger partial charge < -0.3 is 58.1 Å². The third kappa shape index (κ3) is 25.8. The minimum atomic E-state index is -0.177. The van der Waals surface area contributed by atoms with Crippen molar-refractivity contribution in [1.29, 1.82) is 15.8 Å². The van der Waals surface area contributed by atoms with Crippen LogP contribution in [-0.2, 0) is 6.42 Å². The van der Waals surface area contributed by atoms with Gasteiger partial charge in [-0.05, 0) is 136 Å². The van der Waals surface area contributed by atoms with Crippen molar-refractivity contribution in [1.82, 2.24) is 71.0 Å². The van der Waals surface area contributed by atoms with Crippen molar-refractivity contribution in [3.8, 4) is 29.6 Å². The van der Waals surface area contributed by atoms with Gasteiger partial charge in [-0.15, -0.1) is 0 Å². The number of carbonyl (C=O) groups excluding carboxylic acids is 3. The van der Waals surface area contributed by atoms with Gasteiger partial charge in [-0.3, -0.25) is 19.5 Å². The molecule has 0 radical (unpaired) electrons. The molecule has 9 aromatic rings. The average molecular weight is 1560 g/mol. The second-order valence-electron chi connectivity index (χ2n) is 30.3. The van der Waals surface area contributed by atoms with Crippen LogP contribution in [-0.4, -0.2) is 133 Å². The Kier molecular flexibility index (Phi) is 30.8. The maximum Gasteiger partial charge on any atom is 0.251 e. The van der Waals surface area contributed by atoms with Gasteiger partial charge in [0.15, 0.2) is 34.3 Å². The van der Waals surface area contributed by atoms with Gasteiger partial charge in [-0.1, -0.05) is 132 Å². The van der Waals surface area contributed by atoms with E-state index >= 15 is 0 Å². The van der Waals surface area contributed by atoms with Gasteiger partial charge in [0.05, 0.1) is 0 Å². The van der Waals surface area contributed by atoms with E-state index in [-0.39, 0.29) is 39.4 Å². The Labute approximate surface area is 653 Å². The predicted octanol–water partition coefficient (Wildman–Crippen LogP) is 15.5. The molecule has 0 aliphatic heterocycles. The van der Waals surface area contributed by atoms with E-state index in [1.54, 1.807) is 51.5 Å². The van der Waals surface area contributed by atoms with Gasteiger partial charge >= 0.3 is 0 Å². The van der Waals surface area contributed by atoms with Crippen molar-refractivity contribution in [3.63, 3.8) is 0 Å². The van der Waals surface area contributed by atoms with Crippen LogP contribution in [0.15, 0.2) is 101 Å². The van der Waals surface area contributed by atoms with Gasteiger partial charge in [0, 0.05) is 106 Å². The van der Waals surface area contributed by atoms with Crippen LogP contribution in [0.3, 0.4) is 0 Å². The summed E-state index contributed by atoms with van der Waals surface area (Å²) in [6, 6.07) is 28.8. The molecule has 0 aliphatic rings. The number of thioether (sulfide) groups is 1. The van der Waals surface area contributed by atoms with Crippen molar-refractivity contribution in [3.05, 3.63) is 158 Å². The van der Waals surface area contributed by atoms with Crippen LogP contribution in [0, 0.1) is 83.3 Å². The Morgan fingerprint density at radius 2 is 0.881 bits per heavy atom. The van der Waals surface area contributed by atoms with Gasteiger partial charge in [0.25, 0.3) is 17.7 Å². The monoisotopic (exact) mass is 1560 g/mol. The zero-order chi connectivity index (χ0) is 80.7. The third-order valence-electron chi connectivity index (χ3n) is 15.8. The molecule has 0 aliphatic carbocycles. The number of halogens is 1. The predicted molar refractivity (Wildman–Crippen MR) is 441 cm³/mol. The second-order valence-corrected chi connectivity index (χ2v) is 31.9. The molecule has 574 valence electrons. The lowest BCUT2D eigenvalue weighted by Crippen LogP contribution is -2.30. The summed E-state index contributed by atoms with van der Waals surface area (Å²) >= 11 is 5.01. The average Bonchev–Trinajstić information content (AvgIpc) is 1.08. The number of benzene rings is 4. The lowest BCUT2D eigenvalue weighted by atomic mass is 9.96. The van der Waals surface area contributed by atoms with Crippen LogP contribution in [0.5, 0.6) is 0 Å². The molecule has 0 saturated carbocycles. The maximum atomic E-state index is 12.0. The van der Waals surface area contributed by atoms with E-state index in [0.29, 0.717) is 116 Å². The molecule has 0 atom stereocenters. The second kappa shape index (κ2) is 38.8. The number of hydrogen-bond donors (Lipinski definition) is 11. The van der Waals surface area contributed by atoms with Crippen molar-refractivity contribution in [2.24, 2.45) is 21.7 Å². The molecule has 5 heterocycles. The Morgan fingerprint density at radius 3 is 1.31 bits per heavy atom. The van der Waals surface area contributed by atoms with Crippen LogP contribution in [0.1, 0.15) is 166 Å². The number of amides is 3. The lowest BCUT2D eigenvalue weighted by molar-refractivity contribution is 0.0955. The molecular formula is C79H102BrN25O3S. The molecule has 3 amide bonds. The smallest absolute Gasteiger partial charge is 0.251 e. The molecule has 28 nitrogen and oxygen atoms in total. The molecule has 11 N–H and O–H groups in total. The lowest BCUT2D eigenvalue weighted by Gasteiger charge is -2.28. The van der Waals surface area contributed by atoms with Crippen LogP contribution >= 0.6 is 27.7 Å². The molecular weight excluding hydrogens is 1460 g/mol. The number of nitrogens with zero attached hydrogens (tertiary/aromatic N) is 14. The number of hydrogen-bond acceptors (Lipinski definition) is 25. The summed E-state index contributed by atoms with van der Waals surface area (Å²) in [7, 11) is 6.75. The Balaban J connectivity index is 0.000000228. The first kappa shape index (κ1) is 86.4. The number of carbonyl (C=O) groups is 3. The molecule has 0 saturated heterocycles. The van der Waals surface area contributed by atoms with E-state index in [9.17, 15) is 30.2 Å². The van der Waals surface area contributed by atoms with Crippen molar-refractivity contribution in [2.45, 2.75) is 129 Å². The Morgan fingerprint density at radius 1 is 0.486 bits per heavy atom. The Bertz CT molecular complexity index is 4790. The number of nitrogens with one attached hydrogen (secondary N) is 11. The summed E-state index contributed by atoms with van der Waals surface area (Å²) < 4.78 is 0.754. The fraction of sp³-hybridized carbons (Fsp3) is 0.392. The molecule has 0 fully saturated rings. The highest BCUT2D eigenvalue weighted by Gasteiger charge is 2.25. The van der Waals surface area contributed by atoms with Crippen LogP contribution < -0.4 is 58.1 Å². The molecule has 5 aromatic heterocycles. The largest absolute Gasteiger partial charge is 0.368 e. The maximum absolute atomic E-state index is 12.0. The van der Waals surface area contributed by atoms with Crippen molar-refractivity contribution >= 4 is 115 Å². The molecule has 0 bridgehead atoms. The number of rotatable bonds is 22. The van der Waals surface area contributed by atoms with E-state index in [1.807, 2.05) is 95.3 Å². The van der Waals surface area contributed by atoms with E-state index in [0.717, 1.165) is 68.3 Å². The summed E-state index contributed by atoms with van der Waals surface area (Å²) in [6.07, 6.45) is 6.96. The first-order valence-corrected chi connectivity index (χ1v) is 37.3. The zero-order valence-corrected chi connectivity index (χ0v) is 68.9. The number of H-pyrrole nitrogens is 1. The first-order chi connectivity index (χ1) is 51.3. The minimum Gasteiger partial charge on any atom is -0.368 e. The molecule has 109 heavy (non-hydrogen) atoms. The normalized spacial score (nSPS) is 11.0. The molecule has 0 spiro atoms. The van der Waals surface area contributed by atoms with Gasteiger partial charge in [-0.25, -0.2) is 44.9 Å². The fourth-order valence-corrected chi connectivity index (χ4v) is 10.8. The number of nitriles is 3. The highest BCUT2D eigenvalue weighted by molar-refractivity contribution is 9.10. The van der Waals surface area contributed by atoms with Crippen molar-refractivity contribution < 1.29 is 14.4 Å². The first-order valence-electron chi connectivity index (χ1n) is 35.2. The zero-order valence-electron chi connectivity index (χ0n) is 66.5. The molecule has 0 unspecified atom stereocenters. The number of anilines is 12. The Hall–Kier alpha value is -11.6. The standard InChI is InChI=1S/C21H26N8S.C21H28N6O.C19H24N6O.C18H24BrN5O/c1-13-7-8-14(17-23-12-24-28-17)9-16(13)25-18-15(10-22)19(27-20(26-18)30-6)29(5)11-21(2,3)4;1-7-17-26-18(24-12-21(3,4)5)15(11-22)19(27-17)25-16-10-14(20(28)23-6)9-8-13(16)2;1-12-6-7-13(18(26)21-5)8-15(12)25-17-14(9-20)16(23-11-24-17)22-10-19(2,3)4;1-11-6-7-12(17(25)20-5)8-13(11)24-16-14(19)15(22-10-23-16)21-9-18(2,3)4/h7-9,12H,11H2,1-6H3,(H,23,24,28)(H,25,26,27);8-10H,7,12H2,1-6H3,(H,23,28)(H2,24,25,26,27);6-8,11H,10H2,1-5H3,(H,21,26)(H2,22,23,24,25);6-8,10H,9H2,1-5H3,(H,20,25)(H2,21,22,23,24). The number of aromatic amines is 1. The third-order valence-corrected chi connectivity index (χ3v) is 17.1. The topological polar surface area (TPSA) is 391 Å². The molecule has 30 heteroatoms. The number of aromatic nitrogens is 11. The molecule has 9 rings (SSSR count). The quantitative estimate of drug-likeness (QED) is 0.0222. The van der Waals surface area contributed by atoms with Crippen LogP contribution in [0.4, 0.5) is 69.3 Å². The summed E-state index contributed by atoms with van der Waals surface area (Å²) in [5.74, 6) is 5.16. The van der Waals surface area contributed by atoms with E-state index in [1.165, 1.54) is 30.7 Å². The van der Waals surface area contributed by atoms with E-state index in [4.69, 9.17) is 0 Å². The summed E-state index contributed by atoms with van der Waals surface area (Å²) in [6.45, 7) is 38.2. The van der Waals surface area contributed by atoms with Crippen LogP contribution in [0.2, 0.25) is 0 Å². The van der Waals surface area contributed by atoms with E-state index < -0.39 is 0 Å². The van der Waals surface area contributed by atoms with Gasteiger partial charge in [-0.2, -0.15) is 20.9 Å². The summed E-state index contributed by atoms with van der Waals surface area (Å²) in [5.41, 5.74) is 10.9. The number of aryl methyl sites for hydroxylation is 5. The highest BCUT2D eigenvalue weighted by atomic mass is 79.9.